The standard InChI is InChI=1S/C26H56NO2.BrH/c1-5-6-7-8-9-10-11-12-13-14-15-16-17-19-23-28-25-21-26-29-24-20-18-22-27(2,3)4;/h5-26H2,1-4H3;1H/q+1;/p-1. The molecular weight excluding hydrogens is 438 g/mol. The van der Waals surface area contributed by atoms with Gasteiger partial charge in [0.2, 0.25) is 0 Å². The van der Waals surface area contributed by atoms with Gasteiger partial charge in [-0.2, -0.15) is 0 Å². The summed E-state index contributed by atoms with van der Waals surface area (Å²) in [5.41, 5.74) is 0. The van der Waals surface area contributed by atoms with Gasteiger partial charge in [-0.3, -0.25) is 0 Å². The summed E-state index contributed by atoms with van der Waals surface area (Å²) < 4.78 is 12.5. The van der Waals surface area contributed by atoms with Crippen LogP contribution in [0.15, 0.2) is 0 Å². The Labute approximate surface area is 201 Å². The molecule has 0 aliphatic carbocycles. The summed E-state index contributed by atoms with van der Waals surface area (Å²) in [6.45, 7) is 7.06. The van der Waals surface area contributed by atoms with Gasteiger partial charge in [-0.25, -0.2) is 0 Å². The molecule has 0 saturated heterocycles. The third-order valence-corrected chi connectivity index (χ3v) is 5.59. The van der Waals surface area contributed by atoms with Gasteiger partial charge in [0.05, 0.1) is 27.7 Å². The van der Waals surface area contributed by atoms with Crippen molar-refractivity contribution >= 4 is 0 Å². The Morgan fingerprint density at radius 1 is 0.433 bits per heavy atom. The smallest absolute Gasteiger partial charge is 0.0781 e. The third-order valence-electron chi connectivity index (χ3n) is 5.59. The number of nitrogens with zero attached hydrogens (tertiary/aromatic N) is 1. The number of halogens is 1. The molecule has 0 atom stereocenters. The van der Waals surface area contributed by atoms with E-state index in [4.69, 9.17) is 9.47 Å². The Kier molecular flexibility index (Phi) is 27.8. The molecule has 0 amide bonds. The zero-order chi connectivity index (χ0) is 21.5. The van der Waals surface area contributed by atoms with Crippen LogP contribution in [0.25, 0.3) is 0 Å². The van der Waals surface area contributed by atoms with E-state index >= 15 is 0 Å². The average molecular weight is 495 g/mol. The average Bonchev–Trinajstić information content (AvgIpc) is 2.67. The van der Waals surface area contributed by atoms with Crippen molar-refractivity contribution in [1.29, 1.82) is 0 Å². The predicted octanol–water partition coefficient (Wildman–Crippen LogP) is 4.38. The number of quaternary nitrogens is 1. The summed E-state index contributed by atoms with van der Waals surface area (Å²) in [5.74, 6) is 0. The van der Waals surface area contributed by atoms with Crippen LogP contribution in [0.4, 0.5) is 0 Å². The van der Waals surface area contributed by atoms with Crippen LogP contribution in [-0.2, 0) is 9.47 Å². The first-order valence-corrected chi connectivity index (χ1v) is 13.0. The molecule has 0 radical (unpaired) electrons. The summed E-state index contributed by atoms with van der Waals surface area (Å²) in [6, 6.07) is 0. The van der Waals surface area contributed by atoms with Crippen molar-refractivity contribution in [3.8, 4) is 0 Å². The van der Waals surface area contributed by atoms with Gasteiger partial charge in [0, 0.05) is 26.4 Å². The summed E-state index contributed by atoms with van der Waals surface area (Å²) in [7, 11) is 6.74. The molecule has 4 heteroatoms. The normalized spacial score (nSPS) is 11.6. The van der Waals surface area contributed by atoms with Crippen LogP contribution < -0.4 is 17.0 Å². The minimum Gasteiger partial charge on any atom is -1.00 e. The van der Waals surface area contributed by atoms with Crippen molar-refractivity contribution in [2.24, 2.45) is 0 Å². The van der Waals surface area contributed by atoms with Crippen molar-refractivity contribution in [3.63, 3.8) is 0 Å². The quantitative estimate of drug-likeness (QED) is 0.146. The molecule has 0 aliphatic heterocycles. The van der Waals surface area contributed by atoms with E-state index in [0.29, 0.717) is 0 Å². The zero-order valence-corrected chi connectivity index (χ0v) is 22.8. The number of hydrogen-bond acceptors (Lipinski definition) is 2. The molecule has 30 heavy (non-hydrogen) atoms. The van der Waals surface area contributed by atoms with Gasteiger partial charge in [0.1, 0.15) is 0 Å². The molecule has 0 saturated carbocycles. The van der Waals surface area contributed by atoms with E-state index in [9.17, 15) is 0 Å². The number of rotatable bonds is 24. The number of hydrogen-bond donors (Lipinski definition) is 0. The second-order valence-corrected chi connectivity index (χ2v) is 9.90. The summed E-state index contributed by atoms with van der Waals surface area (Å²) in [5, 5.41) is 0. The van der Waals surface area contributed by atoms with Crippen molar-refractivity contribution in [2.75, 3.05) is 54.1 Å². The molecule has 0 N–H and O–H groups in total. The van der Waals surface area contributed by atoms with E-state index < -0.39 is 0 Å². The fourth-order valence-electron chi connectivity index (χ4n) is 3.66. The molecule has 0 aromatic carbocycles. The minimum atomic E-state index is 0. The second-order valence-electron chi connectivity index (χ2n) is 9.90. The van der Waals surface area contributed by atoms with Gasteiger partial charge < -0.3 is 30.9 Å². The van der Waals surface area contributed by atoms with Crippen molar-refractivity contribution in [3.05, 3.63) is 0 Å². The van der Waals surface area contributed by atoms with Crippen LogP contribution in [0.3, 0.4) is 0 Å². The highest BCUT2D eigenvalue weighted by Gasteiger charge is 2.05. The first kappa shape index (κ1) is 32.5. The van der Waals surface area contributed by atoms with Crippen LogP contribution in [0.2, 0.25) is 0 Å². The molecule has 184 valence electrons. The lowest BCUT2D eigenvalue weighted by atomic mass is 10.0. The molecule has 0 aliphatic rings. The Morgan fingerprint density at radius 3 is 1.17 bits per heavy atom. The highest BCUT2D eigenvalue weighted by molar-refractivity contribution is 4.49. The maximum atomic E-state index is 5.73. The minimum absolute atomic E-state index is 0. The molecule has 0 bridgehead atoms. The number of ether oxygens (including phenoxy) is 2. The summed E-state index contributed by atoms with van der Waals surface area (Å²) >= 11 is 0. The van der Waals surface area contributed by atoms with Crippen molar-refractivity contribution < 1.29 is 30.9 Å². The maximum Gasteiger partial charge on any atom is 0.0781 e. The van der Waals surface area contributed by atoms with Gasteiger partial charge in [0.25, 0.3) is 0 Å². The van der Waals surface area contributed by atoms with Crippen LogP contribution in [-0.4, -0.2) is 58.6 Å². The van der Waals surface area contributed by atoms with Crippen LogP contribution in [0, 0.1) is 0 Å². The van der Waals surface area contributed by atoms with Gasteiger partial charge in [-0.15, -0.1) is 0 Å². The lowest BCUT2D eigenvalue weighted by Crippen LogP contribution is -3.00. The molecule has 0 fully saturated rings. The zero-order valence-electron chi connectivity index (χ0n) is 21.2. The van der Waals surface area contributed by atoms with Crippen molar-refractivity contribution in [1.82, 2.24) is 0 Å². The molecular formula is C26H56BrNO2. The van der Waals surface area contributed by atoms with E-state index in [2.05, 4.69) is 28.1 Å². The SMILES string of the molecule is CCCCCCCCCCCCCCCCOCCCOCCCC[N+](C)(C)C.[Br-]. The van der Waals surface area contributed by atoms with E-state index in [0.717, 1.165) is 37.3 Å². The summed E-state index contributed by atoms with van der Waals surface area (Å²) in [4.78, 5) is 0. The van der Waals surface area contributed by atoms with Crippen LogP contribution in [0.1, 0.15) is 116 Å². The van der Waals surface area contributed by atoms with Gasteiger partial charge in [-0.05, 0) is 25.7 Å². The lowest BCUT2D eigenvalue weighted by molar-refractivity contribution is -0.870. The molecule has 0 rings (SSSR count). The maximum absolute atomic E-state index is 5.73. The molecule has 0 aromatic heterocycles. The molecule has 0 heterocycles. The lowest BCUT2D eigenvalue weighted by Gasteiger charge is -2.23. The fourth-order valence-corrected chi connectivity index (χ4v) is 3.66. The second kappa shape index (κ2) is 25.6. The van der Waals surface area contributed by atoms with Crippen LogP contribution in [0.5, 0.6) is 0 Å². The fraction of sp³-hybridized carbons (Fsp3) is 1.00. The van der Waals surface area contributed by atoms with E-state index in [1.165, 1.54) is 109 Å². The van der Waals surface area contributed by atoms with Gasteiger partial charge in [0.15, 0.2) is 0 Å². The summed E-state index contributed by atoms with van der Waals surface area (Å²) in [6.07, 6.45) is 23.2. The number of unbranched alkanes of at least 4 members (excludes halogenated alkanes) is 14. The monoisotopic (exact) mass is 493 g/mol. The molecule has 0 unspecified atom stereocenters. The van der Waals surface area contributed by atoms with E-state index in [-0.39, 0.29) is 17.0 Å². The van der Waals surface area contributed by atoms with Crippen LogP contribution >= 0.6 is 0 Å². The third kappa shape index (κ3) is 30.6. The highest BCUT2D eigenvalue weighted by atomic mass is 79.9. The van der Waals surface area contributed by atoms with E-state index in [1.807, 2.05) is 0 Å². The molecule has 0 spiro atoms. The topological polar surface area (TPSA) is 18.5 Å². The van der Waals surface area contributed by atoms with E-state index in [1.54, 1.807) is 0 Å². The predicted molar refractivity (Wildman–Crippen MR) is 129 cm³/mol. The Balaban J connectivity index is 0. The van der Waals surface area contributed by atoms with Gasteiger partial charge in [-0.1, -0.05) is 90.4 Å². The molecule has 3 nitrogen and oxygen atoms in total. The molecule has 0 aromatic rings. The largest absolute Gasteiger partial charge is 1.00 e. The van der Waals surface area contributed by atoms with Gasteiger partial charge >= 0.3 is 0 Å². The highest BCUT2D eigenvalue weighted by Crippen LogP contribution is 2.13. The first-order valence-electron chi connectivity index (χ1n) is 13.0. The van der Waals surface area contributed by atoms with Crippen molar-refractivity contribution in [2.45, 2.75) is 116 Å². The Bertz CT molecular complexity index is 308. The first-order chi connectivity index (χ1) is 14.1. The Morgan fingerprint density at radius 2 is 0.767 bits per heavy atom. The Hall–Kier alpha value is 0.360.